The molecule has 8 nitrogen and oxygen atoms in total. The molecule has 0 bridgehead atoms. The summed E-state index contributed by atoms with van der Waals surface area (Å²) in [6, 6.07) is 3.88. The van der Waals surface area contributed by atoms with Crippen molar-refractivity contribution in [1.82, 2.24) is 4.90 Å². The molecule has 9 heteroatoms. The van der Waals surface area contributed by atoms with Crippen LogP contribution in [0.4, 0.5) is 20.6 Å². The van der Waals surface area contributed by atoms with Crippen molar-refractivity contribution in [3.8, 4) is 5.75 Å². The Kier molecular flexibility index (Phi) is 6.36. The highest BCUT2D eigenvalue weighted by atomic mass is 19.1. The van der Waals surface area contributed by atoms with Gasteiger partial charge in [0, 0.05) is 0 Å². The molecule has 1 aromatic carbocycles. The van der Waals surface area contributed by atoms with E-state index in [0.717, 1.165) is 6.07 Å². The summed E-state index contributed by atoms with van der Waals surface area (Å²) in [7, 11) is 0. The lowest BCUT2D eigenvalue weighted by Gasteiger charge is -2.23. The molecule has 1 atom stereocenters. The van der Waals surface area contributed by atoms with Gasteiger partial charge in [-0.3, -0.25) is 15.0 Å². The molecule has 0 aromatic heterocycles. The molecular formula is C13H18FN3O5. The topological polar surface area (TPSA) is 119 Å². The number of ether oxygens (including phenoxy) is 1. The number of benzene rings is 1. The van der Waals surface area contributed by atoms with E-state index in [9.17, 15) is 19.3 Å². The average Bonchev–Trinajstić information content (AvgIpc) is 2.44. The van der Waals surface area contributed by atoms with Crippen molar-refractivity contribution >= 4 is 17.5 Å². The number of carboxylic acid groups (broad SMARTS) is 1. The van der Waals surface area contributed by atoms with E-state index in [0.29, 0.717) is 11.3 Å². The van der Waals surface area contributed by atoms with E-state index in [1.54, 1.807) is 6.92 Å². The molecule has 1 rings (SSSR count). The Balaban J connectivity index is 2.64. The number of halogens is 1. The monoisotopic (exact) mass is 315 g/mol. The molecule has 1 amide bonds. The summed E-state index contributed by atoms with van der Waals surface area (Å²) >= 11 is 0. The Morgan fingerprint density at radius 1 is 1.59 bits per heavy atom. The molecule has 0 fully saturated rings. The molecule has 1 aromatic rings. The normalized spacial score (nSPS) is 11.7. The van der Waals surface area contributed by atoms with Crippen molar-refractivity contribution in [2.24, 2.45) is 0 Å². The molecule has 0 aliphatic heterocycles. The number of nitrogens with two attached hydrogens (primary N) is 1. The highest BCUT2D eigenvalue weighted by Gasteiger charge is 2.22. The number of carbonyl (C=O) groups is 1. The summed E-state index contributed by atoms with van der Waals surface area (Å²) < 4.78 is 18.9. The van der Waals surface area contributed by atoms with Crippen LogP contribution in [0.3, 0.4) is 0 Å². The van der Waals surface area contributed by atoms with Crippen LogP contribution in [0.15, 0.2) is 18.2 Å². The van der Waals surface area contributed by atoms with Gasteiger partial charge in [0.05, 0.1) is 17.5 Å². The number of nitrogen functional groups attached to an aromatic ring is 1. The maximum absolute atomic E-state index is 13.7. The Labute approximate surface area is 126 Å². The van der Waals surface area contributed by atoms with Crippen molar-refractivity contribution in [2.75, 3.05) is 18.9 Å². The molecular weight excluding hydrogens is 297 g/mol. The van der Waals surface area contributed by atoms with Crippen molar-refractivity contribution in [1.29, 1.82) is 0 Å². The number of nitrogens with zero attached hydrogens (tertiary/aromatic N) is 2. The molecule has 0 aliphatic rings. The maximum atomic E-state index is 13.7. The summed E-state index contributed by atoms with van der Waals surface area (Å²) in [6.45, 7) is 1.43. The summed E-state index contributed by atoms with van der Waals surface area (Å²) in [5.74, 6) is 0.164. The van der Waals surface area contributed by atoms with Crippen molar-refractivity contribution in [3.05, 3.63) is 28.3 Å². The van der Waals surface area contributed by atoms with Gasteiger partial charge in [0.15, 0.2) is 6.30 Å². The fraction of sp³-hybridized carbons (Fsp3) is 0.462. The number of amides is 1. The van der Waals surface area contributed by atoms with E-state index in [-0.39, 0.29) is 36.7 Å². The van der Waals surface area contributed by atoms with E-state index < -0.39 is 17.3 Å². The predicted molar refractivity (Wildman–Crippen MR) is 77.5 cm³/mol. The lowest BCUT2D eigenvalue weighted by atomic mass is 10.2. The summed E-state index contributed by atoms with van der Waals surface area (Å²) in [5.41, 5.74) is 5.14. The van der Waals surface area contributed by atoms with Crippen molar-refractivity contribution in [2.45, 2.75) is 26.1 Å². The van der Waals surface area contributed by atoms with Crippen LogP contribution in [0.2, 0.25) is 0 Å². The minimum Gasteiger partial charge on any atom is -0.491 e. The maximum Gasteiger partial charge on any atom is 0.409 e. The molecule has 0 radical (unpaired) electrons. The van der Waals surface area contributed by atoms with Gasteiger partial charge in [-0.05, 0) is 18.6 Å². The van der Waals surface area contributed by atoms with Gasteiger partial charge in [-0.1, -0.05) is 13.3 Å². The van der Waals surface area contributed by atoms with Crippen LogP contribution >= 0.6 is 0 Å². The Hall–Kier alpha value is -2.58. The lowest BCUT2D eigenvalue weighted by Crippen LogP contribution is -2.39. The first-order valence-electron chi connectivity index (χ1n) is 6.67. The molecule has 122 valence electrons. The molecule has 0 aliphatic carbocycles. The van der Waals surface area contributed by atoms with Crippen LogP contribution in [0.25, 0.3) is 0 Å². The van der Waals surface area contributed by atoms with E-state index in [1.807, 2.05) is 0 Å². The molecule has 22 heavy (non-hydrogen) atoms. The van der Waals surface area contributed by atoms with Gasteiger partial charge < -0.3 is 15.6 Å². The third-order valence-corrected chi connectivity index (χ3v) is 2.91. The van der Waals surface area contributed by atoms with Gasteiger partial charge in [-0.15, -0.1) is 0 Å². The van der Waals surface area contributed by atoms with Gasteiger partial charge in [0.1, 0.15) is 18.0 Å². The lowest BCUT2D eigenvalue weighted by molar-refractivity contribution is -0.384. The van der Waals surface area contributed by atoms with Gasteiger partial charge in [-0.2, -0.15) is 0 Å². The molecule has 0 heterocycles. The second kappa shape index (κ2) is 8.01. The Bertz CT molecular complexity index is 540. The standard InChI is InChI=1S/C13H18FN3O5/c1-2-3-12(14)16(13(18)19)6-7-22-9-4-5-10(15)11(8-9)17(20)21/h4-5,8,12H,2-3,6-7,15H2,1H3,(H,18,19). The first-order chi connectivity index (χ1) is 10.4. The zero-order valence-electron chi connectivity index (χ0n) is 12.1. The van der Waals surface area contributed by atoms with Crippen LogP contribution in [0.5, 0.6) is 5.75 Å². The predicted octanol–water partition coefficient (Wildman–Crippen LogP) is 2.63. The fourth-order valence-electron chi connectivity index (χ4n) is 1.78. The minimum atomic E-state index is -1.60. The summed E-state index contributed by atoms with van der Waals surface area (Å²) in [6.07, 6.45) is -2.38. The highest BCUT2D eigenvalue weighted by Crippen LogP contribution is 2.26. The van der Waals surface area contributed by atoms with Crippen LogP contribution in [0.1, 0.15) is 19.8 Å². The number of hydrogen-bond acceptors (Lipinski definition) is 5. The number of anilines is 1. The van der Waals surface area contributed by atoms with E-state index in [2.05, 4.69) is 0 Å². The zero-order chi connectivity index (χ0) is 16.7. The molecule has 0 saturated heterocycles. The Morgan fingerprint density at radius 2 is 2.27 bits per heavy atom. The van der Waals surface area contributed by atoms with Crippen LogP contribution in [-0.2, 0) is 0 Å². The zero-order valence-corrected chi connectivity index (χ0v) is 12.1. The van der Waals surface area contributed by atoms with Crippen LogP contribution in [0, 0.1) is 10.1 Å². The molecule has 1 unspecified atom stereocenters. The molecule has 0 spiro atoms. The number of alkyl halides is 1. The molecule has 0 saturated carbocycles. The third kappa shape index (κ3) is 4.76. The second-order valence-corrected chi connectivity index (χ2v) is 4.53. The molecule has 3 N–H and O–H groups in total. The Morgan fingerprint density at radius 3 is 2.82 bits per heavy atom. The van der Waals surface area contributed by atoms with Crippen LogP contribution < -0.4 is 10.5 Å². The fourth-order valence-corrected chi connectivity index (χ4v) is 1.78. The number of hydrogen-bond donors (Lipinski definition) is 2. The van der Waals surface area contributed by atoms with E-state index in [1.165, 1.54) is 12.1 Å². The summed E-state index contributed by atoms with van der Waals surface area (Å²) in [5, 5.41) is 19.7. The number of rotatable bonds is 8. The quantitative estimate of drug-likeness (QED) is 0.329. The average molecular weight is 315 g/mol. The largest absolute Gasteiger partial charge is 0.491 e. The van der Waals surface area contributed by atoms with Gasteiger partial charge in [-0.25, -0.2) is 9.18 Å². The smallest absolute Gasteiger partial charge is 0.409 e. The van der Waals surface area contributed by atoms with Crippen LogP contribution in [-0.4, -0.2) is 40.5 Å². The number of nitro benzene ring substituents is 1. The van der Waals surface area contributed by atoms with Gasteiger partial charge >= 0.3 is 6.09 Å². The highest BCUT2D eigenvalue weighted by molar-refractivity contribution is 5.65. The van der Waals surface area contributed by atoms with Gasteiger partial charge in [0.2, 0.25) is 0 Å². The first-order valence-corrected chi connectivity index (χ1v) is 6.67. The number of nitro groups is 1. The van der Waals surface area contributed by atoms with Crippen molar-refractivity contribution < 1.29 is 24.0 Å². The van der Waals surface area contributed by atoms with E-state index in [4.69, 9.17) is 15.6 Å². The first kappa shape index (κ1) is 17.5. The van der Waals surface area contributed by atoms with Crippen molar-refractivity contribution in [3.63, 3.8) is 0 Å². The van der Waals surface area contributed by atoms with E-state index >= 15 is 0 Å². The second-order valence-electron chi connectivity index (χ2n) is 4.53. The third-order valence-electron chi connectivity index (χ3n) is 2.91. The summed E-state index contributed by atoms with van der Waals surface area (Å²) in [4.78, 5) is 21.7. The SMILES string of the molecule is CCCC(F)N(CCOc1ccc(N)c([N+](=O)[O-])c1)C(=O)O. The minimum absolute atomic E-state index is 0.00344. The van der Waals surface area contributed by atoms with Gasteiger partial charge in [0.25, 0.3) is 5.69 Å².